The quantitative estimate of drug-likeness (QED) is 0.806. The van der Waals surface area contributed by atoms with Gasteiger partial charge in [-0.3, -0.25) is 4.79 Å². The van der Waals surface area contributed by atoms with Crippen molar-refractivity contribution in [1.82, 2.24) is 5.32 Å². The lowest BCUT2D eigenvalue weighted by atomic mass is 9.95. The molecule has 92 valence electrons. The van der Waals surface area contributed by atoms with Crippen LogP contribution in [0.25, 0.3) is 0 Å². The smallest absolute Gasteiger partial charge is 0.224 e. The number of carbonyl (C=O) groups is 1. The Kier molecular flexibility index (Phi) is 3.79. The Bertz CT molecular complexity index is 399. The number of carbonyl (C=O) groups excluding carboxylic acids is 1. The Balaban J connectivity index is 1.98. The first-order chi connectivity index (χ1) is 8.20. The highest BCUT2D eigenvalue weighted by Crippen LogP contribution is 2.20. The summed E-state index contributed by atoms with van der Waals surface area (Å²) in [7, 11) is 0. The molecule has 1 aliphatic carbocycles. The third-order valence-corrected chi connectivity index (χ3v) is 3.31. The van der Waals surface area contributed by atoms with Crippen molar-refractivity contribution in [3.05, 3.63) is 35.4 Å². The van der Waals surface area contributed by atoms with Crippen molar-refractivity contribution in [3.63, 3.8) is 0 Å². The van der Waals surface area contributed by atoms with E-state index < -0.39 is 0 Å². The Morgan fingerprint density at radius 3 is 2.76 bits per heavy atom. The zero-order chi connectivity index (χ0) is 12.3. The lowest BCUT2D eigenvalue weighted by molar-refractivity contribution is -0.124. The minimum Gasteiger partial charge on any atom is -0.353 e. The second kappa shape index (κ2) is 5.32. The van der Waals surface area contributed by atoms with Crippen molar-refractivity contribution in [2.45, 2.75) is 32.2 Å². The number of amides is 1. The number of aryl methyl sites for hydroxylation is 1. The van der Waals surface area contributed by atoms with Gasteiger partial charge in [0.15, 0.2) is 0 Å². The molecule has 1 fully saturated rings. The summed E-state index contributed by atoms with van der Waals surface area (Å²) in [5, 5.41) is 3.03. The highest BCUT2D eigenvalue weighted by atomic mass is 16.2. The molecule has 0 bridgehead atoms. The third kappa shape index (κ3) is 3.30. The SMILES string of the molecule is Cc1ccccc1CC(CN)C(=O)NC1CC1. The van der Waals surface area contributed by atoms with Gasteiger partial charge in [0.1, 0.15) is 0 Å². The van der Waals surface area contributed by atoms with Crippen LogP contribution in [0.1, 0.15) is 24.0 Å². The first kappa shape index (κ1) is 12.1. The lowest BCUT2D eigenvalue weighted by Crippen LogP contribution is -2.37. The third-order valence-electron chi connectivity index (χ3n) is 3.31. The van der Waals surface area contributed by atoms with Gasteiger partial charge in [-0.15, -0.1) is 0 Å². The highest BCUT2D eigenvalue weighted by Gasteiger charge is 2.27. The maximum Gasteiger partial charge on any atom is 0.224 e. The fraction of sp³-hybridized carbons (Fsp3) is 0.500. The number of hydrogen-bond donors (Lipinski definition) is 2. The van der Waals surface area contributed by atoms with E-state index in [1.807, 2.05) is 12.1 Å². The first-order valence-electron chi connectivity index (χ1n) is 6.25. The van der Waals surface area contributed by atoms with Crippen molar-refractivity contribution < 1.29 is 4.79 Å². The first-order valence-corrected chi connectivity index (χ1v) is 6.25. The summed E-state index contributed by atoms with van der Waals surface area (Å²) in [4.78, 5) is 11.9. The number of benzene rings is 1. The molecule has 1 aromatic carbocycles. The maximum atomic E-state index is 11.9. The molecule has 17 heavy (non-hydrogen) atoms. The van der Waals surface area contributed by atoms with Crippen LogP contribution in [0.4, 0.5) is 0 Å². The summed E-state index contributed by atoms with van der Waals surface area (Å²) in [6.07, 6.45) is 2.97. The Morgan fingerprint density at radius 1 is 1.47 bits per heavy atom. The van der Waals surface area contributed by atoms with E-state index in [4.69, 9.17) is 5.73 Å². The molecule has 0 radical (unpaired) electrons. The van der Waals surface area contributed by atoms with Gasteiger partial charge in [0, 0.05) is 12.6 Å². The van der Waals surface area contributed by atoms with Crippen molar-refractivity contribution in [3.8, 4) is 0 Å². The zero-order valence-electron chi connectivity index (χ0n) is 10.3. The van der Waals surface area contributed by atoms with Crippen LogP contribution in [-0.4, -0.2) is 18.5 Å². The largest absolute Gasteiger partial charge is 0.353 e. The van der Waals surface area contributed by atoms with Crippen LogP contribution in [0.2, 0.25) is 0 Å². The van der Waals surface area contributed by atoms with E-state index in [0.29, 0.717) is 12.6 Å². The summed E-state index contributed by atoms with van der Waals surface area (Å²) >= 11 is 0. The van der Waals surface area contributed by atoms with Crippen molar-refractivity contribution in [2.75, 3.05) is 6.54 Å². The highest BCUT2D eigenvalue weighted by molar-refractivity contribution is 5.79. The Morgan fingerprint density at radius 2 is 2.18 bits per heavy atom. The minimum atomic E-state index is -0.100. The lowest BCUT2D eigenvalue weighted by Gasteiger charge is -2.15. The fourth-order valence-electron chi connectivity index (χ4n) is 1.93. The predicted octanol–water partition coefficient (Wildman–Crippen LogP) is 1.39. The maximum absolute atomic E-state index is 11.9. The zero-order valence-corrected chi connectivity index (χ0v) is 10.3. The molecule has 0 spiro atoms. The molecule has 1 atom stereocenters. The van der Waals surface area contributed by atoms with E-state index in [9.17, 15) is 4.79 Å². The second-order valence-electron chi connectivity index (χ2n) is 4.85. The van der Waals surface area contributed by atoms with Crippen LogP contribution in [0, 0.1) is 12.8 Å². The predicted molar refractivity (Wildman–Crippen MR) is 68.6 cm³/mol. The van der Waals surface area contributed by atoms with E-state index in [0.717, 1.165) is 19.3 Å². The normalized spacial score (nSPS) is 16.6. The van der Waals surface area contributed by atoms with Gasteiger partial charge in [-0.2, -0.15) is 0 Å². The van der Waals surface area contributed by atoms with E-state index in [1.54, 1.807) is 0 Å². The van der Waals surface area contributed by atoms with Crippen LogP contribution >= 0.6 is 0 Å². The average molecular weight is 232 g/mol. The molecule has 1 aliphatic rings. The monoisotopic (exact) mass is 232 g/mol. The van der Waals surface area contributed by atoms with Gasteiger partial charge in [0.25, 0.3) is 0 Å². The van der Waals surface area contributed by atoms with E-state index in [1.165, 1.54) is 11.1 Å². The number of nitrogens with one attached hydrogen (secondary N) is 1. The number of hydrogen-bond acceptors (Lipinski definition) is 2. The number of rotatable bonds is 5. The van der Waals surface area contributed by atoms with Crippen LogP contribution in [-0.2, 0) is 11.2 Å². The van der Waals surface area contributed by atoms with E-state index in [-0.39, 0.29) is 11.8 Å². The molecule has 1 unspecified atom stereocenters. The molecule has 0 aromatic heterocycles. The molecular weight excluding hydrogens is 212 g/mol. The van der Waals surface area contributed by atoms with Gasteiger partial charge in [-0.25, -0.2) is 0 Å². The van der Waals surface area contributed by atoms with Gasteiger partial charge in [0.05, 0.1) is 5.92 Å². The fourth-order valence-corrected chi connectivity index (χ4v) is 1.93. The molecule has 3 heteroatoms. The molecule has 0 heterocycles. The molecule has 0 aliphatic heterocycles. The summed E-state index contributed by atoms with van der Waals surface area (Å²) in [5.41, 5.74) is 8.15. The van der Waals surface area contributed by atoms with Gasteiger partial charge >= 0.3 is 0 Å². The Hall–Kier alpha value is -1.35. The van der Waals surface area contributed by atoms with E-state index in [2.05, 4.69) is 24.4 Å². The summed E-state index contributed by atoms with van der Waals surface area (Å²) in [5.74, 6) is 0.00922. The van der Waals surface area contributed by atoms with Crippen molar-refractivity contribution in [2.24, 2.45) is 11.7 Å². The van der Waals surface area contributed by atoms with Crippen LogP contribution < -0.4 is 11.1 Å². The van der Waals surface area contributed by atoms with Crippen molar-refractivity contribution in [1.29, 1.82) is 0 Å². The van der Waals surface area contributed by atoms with Crippen LogP contribution in [0.15, 0.2) is 24.3 Å². The Labute approximate surface area is 102 Å². The van der Waals surface area contributed by atoms with E-state index >= 15 is 0 Å². The second-order valence-corrected chi connectivity index (χ2v) is 4.85. The standard InChI is InChI=1S/C14H20N2O/c1-10-4-2-3-5-11(10)8-12(9-15)14(17)16-13-6-7-13/h2-5,12-13H,6-9,15H2,1H3,(H,16,17). The van der Waals surface area contributed by atoms with Crippen LogP contribution in [0.3, 0.4) is 0 Å². The molecule has 3 N–H and O–H groups in total. The molecular formula is C14H20N2O. The van der Waals surface area contributed by atoms with Crippen LogP contribution in [0.5, 0.6) is 0 Å². The van der Waals surface area contributed by atoms with Gasteiger partial charge in [0.2, 0.25) is 5.91 Å². The summed E-state index contributed by atoms with van der Waals surface area (Å²) < 4.78 is 0. The average Bonchev–Trinajstić information content (AvgIpc) is 3.11. The minimum absolute atomic E-state index is 0.100. The molecule has 0 saturated heterocycles. The molecule has 1 saturated carbocycles. The number of nitrogens with two attached hydrogens (primary N) is 1. The van der Waals surface area contributed by atoms with Gasteiger partial charge in [-0.05, 0) is 37.3 Å². The molecule has 2 rings (SSSR count). The van der Waals surface area contributed by atoms with Crippen molar-refractivity contribution >= 4 is 5.91 Å². The topological polar surface area (TPSA) is 55.1 Å². The molecule has 1 aromatic rings. The summed E-state index contributed by atoms with van der Waals surface area (Å²) in [6.45, 7) is 2.48. The molecule has 3 nitrogen and oxygen atoms in total. The van der Waals surface area contributed by atoms with Gasteiger partial charge in [-0.1, -0.05) is 24.3 Å². The molecule has 1 amide bonds. The van der Waals surface area contributed by atoms with Gasteiger partial charge < -0.3 is 11.1 Å². The summed E-state index contributed by atoms with van der Waals surface area (Å²) in [6, 6.07) is 8.58.